The predicted molar refractivity (Wildman–Crippen MR) is 79.5 cm³/mol. The number of anilines is 1. The molecule has 106 valence electrons. The van der Waals surface area contributed by atoms with Crippen molar-refractivity contribution in [2.75, 3.05) is 11.1 Å². The van der Waals surface area contributed by atoms with Crippen LogP contribution < -0.4 is 10.6 Å². The summed E-state index contributed by atoms with van der Waals surface area (Å²) in [6.45, 7) is 2.19. The second-order valence-corrected chi connectivity index (χ2v) is 6.49. The molecule has 1 heterocycles. The first-order valence-electron chi connectivity index (χ1n) is 6.86. The molecule has 1 aliphatic carbocycles. The predicted octanol–water partition coefficient (Wildman–Crippen LogP) is 2.61. The van der Waals surface area contributed by atoms with Crippen LogP contribution in [0.1, 0.15) is 32.6 Å². The van der Waals surface area contributed by atoms with Crippen LogP contribution in [-0.4, -0.2) is 32.9 Å². The molecular weight excluding hydrogens is 260 g/mol. The molecular formula is C13H22N4OS. The van der Waals surface area contributed by atoms with Crippen molar-refractivity contribution >= 4 is 23.6 Å². The van der Waals surface area contributed by atoms with Crippen LogP contribution in [0.2, 0.25) is 0 Å². The van der Waals surface area contributed by atoms with Crippen LogP contribution in [0, 0.1) is 0 Å². The standard InChI is InChI=1S/C13H22N4OS/c1-3-19-11-6-4-5-10(9-11)14-13(18)15-12-7-8-17(2)16-12/h7-8,10-11H,3-6,9H2,1-2H3,(H2,14,15,16,18)/t10-,11-/m0/s1. The van der Waals surface area contributed by atoms with Crippen molar-refractivity contribution in [1.82, 2.24) is 15.1 Å². The number of hydrogen-bond donors (Lipinski definition) is 2. The van der Waals surface area contributed by atoms with Crippen LogP contribution in [0.25, 0.3) is 0 Å². The molecule has 6 heteroatoms. The first kappa shape index (κ1) is 14.2. The van der Waals surface area contributed by atoms with Crippen molar-refractivity contribution in [2.45, 2.75) is 43.9 Å². The zero-order chi connectivity index (χ0) is 13.7. The molecule has 0 bridgehead atoms. The third kappa shape index (κ3) is 4.45. The Labute approximate surface area is 118 Å². The fourth-order valence-corrected chi connectivity index (χ4v) is 3.66. The summed E-state index contributed by atoms with van der Waals surface area (Å²) in [5, 5.41) is 10.6. The van der Waals surface area contributed by atoms with Gasteiger partial charge in [0.15, 0.2) is 5.82 Å². The van der Waals surface area contributed by atoms with E-state index in [9.17, 15) is 4.79 Å². The summed E-state index contributed by atoms with van der Waals surface area (Å²) in [5.74, 6) is 1.74. The van der Waals surface area contributed by atoms with Gasteiger partial charge in [0, 0.05) is 30.6 Å². The molecule has 5 nitrogen and oxygen atoms in total. The molecule has 0 aromatic carbocycles. The highest BCUT2D eigenvalue weighted by molar-refractivity contribution is 7.99. The van der Waals surface area contributed by atoms with Gasteiger partial charge >= 0.3 is 6.03 Å². The number of hydrogen-bond acceptors (Lipinski definition) is 3. The van der Waals surface area contributed by atoms with E-state index in [2.05, 4.69) is 22.7 Å². The summed E-state index contributed by atoms with van der Waals surface area (Å²) in [6.07, 6.45) is 6.44. The van der Waals surface area contributed by atoms with Crippen molar-refractivity contribution in [3.8, 4) is 0 Å². The average Bonchev–Trinajstić information content (AvgIpc) is 2.75. The van der Waals surface area contributed by atoms with Crippen LogP contribution in [0.15, 0.2) is 12.3 Å². The highest BCUT2D eigenvalue weighted by atomic mass is 32.2. The van der Waals surface area contributed by atoms with E-state index in [0.717, 1.165) is 18.6 Å². The zero-order valence-electron chi connectivity index (χ0n) is 11.6. The Morgan fingerprint density at radius 3 is 3.11 bits per heavy atom. The number of rotatable bonds is 4. The highest BCUT2D eigenvalue weighted by Gasteiger charge is 2.23. The van der Waals surface area contributed by atoms with Crippen molar-refractivity contribution < 1.29 is 4.79 Å². The molecule has 1 aromatic heterocycles. The summed E-state index contributed by atoms with van der Waals surface area (Å²) in [7, 11) is 1.83. The molecule has 1 aromatic rings. The van der Waals surface area contributed by atoms with Gasteiger partial charge in [0.1, 0.15) is 0 Å². The van der Waals surface area contributed by atoms with Crippen LogP contribution >= 0.6 is 11.8 Å². The number of carbonyl (C=O) groups is 1. The molecule has 2 rings (SSSR count). The summed E-state index contributed by atoms with van der Waals surface area (Å²) in [4.78, 5) is 11.9. The van der Waals surface area contributed by atoms with Gasteiger partial charge in [-0.15, -0.1) is 0 Å². The largest absolute Gasteiger partial charge is 0.335 e. The van der Waals surface area contributed by atoms with E-state index in [-0.39, 0.29) is 6.03 Å². The van der Waals surface area contributed by atoms with E-state index in [4.69, 9.17) is 0 Å². The molecule has 0 saturated heterocycles. The molecule has 1 saturated carbocycles. The number of nitrogens with zero attached hydrogens (tertiary/aromatic N) is 2. The summed E-state index contributed by atoms with van der Waals surface area (Å²) in [5.41, 5.74) is 0. The Morgan fingerprint density at radius 2 is 2.42 bits per heavy atom. The number of amides is 2. The molecule has 0 aliphatic heterocycles. The van der Waals surface area contributed by atoms with Crippen molar-refractivity contribution in [1.29, 1.82) is 0 Å². The summed E-state index contributed by atoms with van der Waals surface area (Å²) >= 11 is 2.00. The summed E-state index contributed by atoms with van der Waals surface area (Å²) < 4.78 is 1.67. The van der Waals surface area contributed by atoms with Crippen molar-refractivity contribution in [3.05, 3.63) is 12.3 Å². The molecule has 2 atom stereocenters. The minimum Gasteiger partial charge on any atom is -0.335 e. The van der Waals surface area contributed by atoms with Crippen molar-refractivity contribution in [2.24, 2.45) is 7.05 Å². The van der Waals surface area contributed by atoms with Crippen molar-refractivity contribution in [3.63, 3.8) is 0 Å². The fourth-order valence-electron chi connectivity index (χ4n) is 2.48. The SMILES string of the molecule is CCS[C@H]1CCC[C@H](NC(=O)Nc2ccn(C)n2)C1. The molecule has 2 N–H and O–H groups in total. The number of aryl methyl sites for hydroxylation is 1. The maximum atomic E-state index is 11.9. The number of nitrogens with one attached hydrogen (secondary N) is 2. The number of thioether (sulfide) groups is 1. The molecule has 0 spiro atoms. The van der Waals surface area contributed by atoms with Gasteiger partial charge in [-0.1, -0.05) is 13.3 Å². The fraction of sp³-hybridized carbons (Fsp3) is 0.692. The number of urea groups is 1. The Hall–Kier alpha value is -1.17. The Kier molecular flexibility index (Phi) is 5.13. The molecule has 1 aliphatic rings. The van der Waals surface area contributed by atoms with Gasteiger partial charge in [-0.05, 0) is 25.0 Å². The summed E-state index contributed by atoms with van der Waals surface area (Å²) in [6, 6.07) is 1.93. The Morgan fingerprint density at radius 1 is 1.58 bits per heavy atom. The van der Waals surface area contributed by atoms with Gasteiger partial charge in [-0.3, -0.25) is 10.00 Å². The first-order valence-corrected chi connectivity index (χ1v) is 7.91. The van der Waals surface area contributed by atoms with Gasteiger partial charge in [0.05, 0.1) is 0 Å². The zero-order valence-corrected chi connectivity index (χ0v) is 12.4. The number of aromatic nitrogens is 2. The normalized spacial score (nSPS) is 23.1. The lowest BCUT2D eigenvalue weighted by Crippen LogP contribution is -2.41. The van der Waals surface area contributed by atoms with E-state index in [1.807, 2.05) is 25.0 Å². The minimum atomic E-state index is -0.147. The van der Waals surface area contributed by atoms with Gasteiger partial charge in [-0.2, -0.15) is 16.9 Å². The molecule has 2 amide bonds. The van der Waals surface area contributed by atoms with Crippen LogP contribution in [-0.2, 0) is 7.05 Å². The lowest BCUT2D eigenvalue weighted by atomic mass is 9.95. The Balaban J connectivity index is 1.78. The van der Waals surface area contributed by atoms with E-state index in [1.165, 1.54) is 12.8 Å². The molecule has 19 heavy (non-hydrogen) atoms. The van der Waals surface area contributed by atoms with Crippen LogP contribution in [0.4, 0.5) is 10.6 Å². The maximum Gasteiger partial charge on any atom is 0.320 e. The number of carbonyl (C=O) groups excluding carboxylic acids is 1. The molecule has 0 unspecified atom stereocenters. The lowest BCUT2D eigenvalue weighted by molar-refractivity contribution is 0.244. The van der Waals surface area contributed by atoms with Gasteiger partial charge in [0.25, 0.3) is 0 Å². The van der Waals surface area contributed by atoms with E-state index in [0.29, 0.717) is 17.1 Å². The topological polar surface area (TPSA) is 59.0 Å². The monoisotopic (exact) mass is 282 g/mol. The molecule has 1 fully saturated rings. The lowest BCUT2D eigenvalue weighted by Gasteiger charge is -2.29. The van der Waals surface area contributed by atoms with E-state index in [1.54, 1.807) is 10.7 Å². The quantitative estimate of drug-likeness (QED) is 0.892. The van der Waals surface area contributed by atoms with Gasteiger partial charge in [-0.25, -0.2) is 4.79 Å². The van der Waals surface area contributed by atoms with Crippen LogP contribution in [0.3, 0.4) is 0 Å². The smallest absolute Gasteiger partial charge is 0.320 e. The van der Waals surface area contributed by atoms with Gasteiger partial charge < -0.3 is 5.32 Å². The Bertz CT molecular complexity index is 419. The maximum absolute atomic E-state index is 11.9. The second kappa shape index (κ2) is 6.84. The average molecular weight is 282 g/mol. The highest BCUT2D eigenvalue weighted by Crippen LogP contribution is 2.28. The third-order valence-electron chi connectivity index (χ3n) is 3.32. The van der Waals surface area contributed by atoms with Gasteiger partial charge in [0.2, 0.25) is 0 Å². The molecule has 0 radical (unpaired) electrons. The minimum absolute atomic E-state index is 0.147. The van der Waals surface area contributed by atoms with E-state index < -0.39 is 0 Å². The van der Waals surface area contributed by atoms with Crippen LogP contribution in [0.5, 0.6) is 0 Å². The second-order valence-electron chi connectivity index (χ2n) is 4.91. The first-order chi connectivity index (χ1) is 9.17. The third-order valence-corrected chi connectivity index (χ3v) is 4.55. The van der Waals surface area contributed by atoms with E-state index >= 15 is 0 Å².